The first kappa shape index (κ1) is 12.8. The third kappa shape index (κ3) is 3.23. The second kappa shape index (κ2) is 6.32. The van der Waals surface area contributed by atoms with Crippen molar-refractivity contribution in [1.29, 1.82) is 0 Å². The quantitative estimate of drug-likeness (QED) is 0.521. The lowest BCUT2D eigenvalue weighted by Crippen LogP contribution is -2.45. The van der Waals surface area contributed by atoms with Crippen molar-refractivity contribution in [3.05, 3.63) is 0 Å². The molecule has 0 aliphatic heterocycles. The van der Waals surface area contributed by atoms with E-state index < -0.39 is 5.41 Å². The molecular formula is C9H20O4. The van der Waals surface area contributed by atoms with Gasteiger partial charge in [-0.15, -0.1) is 0 Å². The Morgan fingerprint density at radius 2 is 1.62 bits per heavy atom. The van der Waals surface area contributed by atoms with Crippen molar-refractivity contribution in [2.45, 2.75) is 26.4 Å². The zero-order chi connectivity index (χ0) is 10.3. The van der Waals surface area contributed by atoms with E-state index in [2.05, 4.69) is 0 Å². The van der Waals surface area contributed by atoms with Crippen LogP contribution in [0, 0.1) is 5.41 Å². The number of aliphatic hydroxyl groups excluding tert-OH is 3. The highest BCUT2D eigenvalue weighted by atomic mass is 16.5. The highest BCUT2D eigenvalue weighted by Gasteiger charge is 2.35. The van der Waals surface area contributed by atoms with Gasteiger partial charge >= 0.3 is 0 Å². The molecule has 0 saturated heterocycles. The summed E-state index contributed by atoms with van der Waals surface area (Å²) in [6, 6.07) is 0. The van der Waals surface area contributed by atoms with Crippen LogP contribution in [0.15, 0.2) is 0 Å². The van der Waals surface area contributed by atoms with Gasteiger partial charge in [0.1, 0.15) is 0 Å². The smallest absolute Gasteiger partial charge is 0.0669 e. The van der Waals surface area contributed by atoms with Crippen LogP contribution in [0.1, 0.15) is 20.3 Å². The van der Waals surface area contributed by atoms with Gasteiger partial charge < -0.3 is 20.1 Å². The van der Waals surface area contributed by atoms with Crippen molar-refractivity contribution in [2.75, 3.05) is 26.4 Å². The van der Waals surface area contributed by atoms with Crippen molar-refractivity contribution in [1.82, 2.24) is 0 Å². The molecule has 0 aromatic carbocycles. The normalized spacial score (nSPS) is 14.5. The van der Waals surface area contributed by atoms with E-state index in [1.807, 2.05) is 6.92 Å². The molecule has 3 N–H and O–H groups in total. The number of hydrogen-bond donors (Lipinski definition) is 3. The van der Waals surface area contributed by atoms with Gasteiger partial charge in [-0.05, 0) is 13.3 Å². The first-order valence-electron chi connectivity index (χ1n) is 4.61. The fourth-order valence-corrected chi connectivity index (χ4v) is 1.01. The second-order valence-electron chi connectivity index (χ2n) is 3.35. The van der Waals surface area contributed by atoms with E-state index in [4.69, 9.17) is 20.1 Å². The molecule has 0 amide bonds. The summed E-state index contributed by atoms with van der Waals surface area (Å²) >= 11 is 0. The average molecular weight is 192 g/mol. The fraction of sp³-hybridized carbons (Fsp3) is 1.00. The summed E-state index contributed by atoms with van der Waals surface area (Å²) in [7, 11) is 0. The van der Waals surface area contributed by atoms with Gasteiger partial charge in [0, 0.05) is 6.61 Å². The minimum atomic E-state index is -0.921. The van der Waals surface area contributed by atoms with Crippen LogP contribution in [0.4, 0.5) is 0 Å². The van der Waals surface area contributed by atoms with Crippen molar-refractivity contribution in [2.24, 2.45) is 5.41 Å². The molecular weight excluding hydrogens is 172 g/mol. The Hall–Kier alpha value is -0.160. The van der Waals surface area contributed by atoms with E-state index in [0.717, 1.165) is 6.42 Å². The van der Waals surface area contributed by atoms with Crippen LogP contribution in [0.3, 0.4) is 0 Å². The van der Waals surface area contributed by atoms with Crippen LogP contribution in [-0.2, 0) is 4.74 Å². The van der Waals surface area contributed by atoms with Crippen molar-refractivity contribution in [3.63, 3.8) is 0 Å². The number of ether oxygens (including phenoxy) is 1. The lowest BCUT2D eigenvalue weighted by molar-refractivity contribution is -0.105. The zero-order valence-electron chi connectivity index (χ0n) is 8.36. The van der Waals surface area contributed by atoms with Crippen LogP contribution in [-0.4, -0.2) is 47.9 Å². The standard InChI is InChI=1S/C9H20O4/c1-3-4-13-8(2)9(5-10,6-11)7-12/h8,10-12H,3-7H2,1-2H3. The van der Waals surface area contributed by atoms with Crippen LogP contribution < -0.4 is 0 Å². The molecule has 0 fully saturated rings. The van der Waals surface area contributed by atoms with Gasteiger partial charge in [-0.2, -0.15) is 0 Å². The van der Waals surface area contributed by atoms with Crippen LogP contribution in [0.5, 0.6) is 0 Å². The molecule has 0 heterocycles. The number of hydrogen-bond acceptors (Lipinski definition) is 4. The van der Waals surface area contributed by atoms with Gasteiger partial charge in [0.25, 0.3) is 0 Å². The van der Waals surface area contributed by atoms with Gasteiger partial charge in [-0.3, -0.25) is 0 Å². The predicted molar refractivity (Wildman–Crippen MR) is 49.4 cm³/mol. The van der Waals surface area contributed by atoms with Gasteiger partial charge in [0.15, 0.2) is 0 Å². The van der Waals surface area contributed by atoms with E-state index >= 15 is 0 Å². The maximum atomic E-state index is 9.05. The first-order chi connectivity index (χ1) is 6.16. The van der Waals surface area contributed by atoms with Gasteiger partial charge in [-0.1, -0.05) is 6.92 Å². The summed E-state index contributed by atoms with van der Waals surface area (Å²) in [5, 5.41) is 27.1. The summed E-state index contributed by atoms with van der Waals surface area (Å²) in [4.78, 5) is 0. The molecule has 0 spiro atoms. The summed E-state index contributed by atoms with van der Waals surface area (Å²) in [5.41, 5.74) is -0.921. The Morgan fingerprint density at radius 3 is 1.92 bits per heavy atom. The Morgan fingerprint density at radius 1 is 1.15 bits per heavy atom. The molecule has 0 aromatic heterocycles. The van der Waals surface area contributed by atoms with Gasteiger partial charge in [0.2, 0.25) is 0 Å². The Bertz CT molecular complexity index is 115. The van der Waals surface area contributed by atoms with E-state index in [-0.39, 0.29) is 25.9 Å². The van der Waals surface area contributed by atoms with Crippen molar-refractivity contribution < 1.29 is 20.1 Å². The third-order valence-electron chi connectivity index (χ3n) is 2.38. The summed E-state index contributed by atoms with van der Waals surface area (Å²) < 4.78 is 5.35. The van der Waals surface area contributed by atoms with Crippen LogP contribution >= 0.6 is 0 Å². The molecule has 0 aromatic rings. The van der Waals surface area contributed by atoms with Crippen molar-refractivity contribution in [3.8, 4) is 0 Å². The highest BCUT2D eigenvalue weighted by molar-refractivity contribution is 4.83. The molecule has 1 atom stereocenters. The minimum absolute atomic E-state index is 0.273. The van der Waals surface area contributed by atoms with Crippen LogP contribution in [0.2, 0.25) is 0 Å². The molecule has 4 nitrogen and oxygen atoms in total. The third-order valence-corrected chi connectivity index (χ3v) is 2.38. The lowest BCUT2D eigenvalue weighted by Gasteiger charge is -2.33. The molecule has 0 radical (unpaired) electrons. The molecule has 1 unspecified atom stereocenters. The molecule has 80 valence electrons. The minimum Gasteiger partial charge on any atom is -0.396 e. The molecule has 0 aliphatic carbocycles. The average Bonchev–Trinajstić information content (AvgIpc) is 2.18. The van der Waals surface area contributed by atoms with Crippen LogP contribution in [0.25, 0.3) is 0 Å². The Kier molecular flexibility index (Phi) is 6.24. The van der Waals surface area contributed by atoms with Gasteiger partial charge in [-0.25, -0.2) is 0 Å². The number of aliphatic hydroxyl groups is 3. The SMILES string of the molecule is CCCOC(C)C(CO)(CO)CO. The van der Waals surface area contributed by atoms with E-state index in [0.29, 0.717) is 6.61 Å². The van der Waals surface area contributed by atoms with E-state index in [1.165, 1.54) is 0 Å². The second-order valence-corrected chi connectivity index (χ2v) is 3.35. The van der Waals surface area contributed by atoms with E-state index in [9.17, 15) is 0 Å². The fourth-order valence-electron chi connectivity index (χ4n) is 1.01. The summed E-state index contributed by atoms with van der Waals surface area (Å²) in [5.74, 6) is 0. The zero-order valence-corrected chi connectivity index (χ0v) is 8.36. The maximum Gasteiger partial charge on any atom is 0.0669 e. The predicted octanol–water partition coefficient (Wildman–Crippen LogP) is -0.235. The topological polar surface area (TPSA) is 69.9 Å². The first-order valence-corrected chi connectivity index (χ1v) is 4.61. The van der Waals surface area contributed by atoms with Crippen molar-refractivity contribution >= 4 is 0 Å². The van der Waals surface area contributed by atoms with E-state index in [1.54, 1.807) is 6.92 Å². The Balaban J connectivity index is 4.17. The summed E-state index contributed by atoms with van der Waals surface area (Å²) in [6.07, 6.45) is 0.537. The Labute approximate surface area is 79.2 Å². The summed E-state index contributed by atoms with van der Waals surface area (Å²) in [6.45, 7) is 3.48. The molecule has 0 saturated carbocycles. The molecule has 0 rings (SSSR count). The maximum absolute atomic E-state index is 9.05. The molecule has 4 heteroatoms. The highest BCUT2D eigenvalue weighted by Crippen LogP contribution is 2.22. The molecule has 0 bridgehead atoms. The molecule has 13 heavy (non-hydrogen) atoms. The number of rotatable bonds is 7. The molecule has 0 aliphatic rings. The van der Waals surface area contributed by atoms with Gasteiger partial charge in [0.05, 0.1) is 31.3 Å². The monoisotopic (exact) mass is 192 g/mol. The largest absolute Gasteiger partial charge is 0.396 e. The lowest BCUT2D eigenvalue weighted by atomic mass is 9.85.